The summed E-state index contributed by atoms with van der Waals surface area (Å²) in [5.74, 6) is 1.62. The normalized spacial score (nSPS) is 22.2. The Morgan fingerprint density at radius 1 is 1.26 bits per heavy atom. The maximum absolute atomic E-state index is 5.83. The van der Waals surface area contributed by atoms with Gasteiger partial charge in [-0.2, -0.15) is 0 Å². The predicted octanol–water partition coefficient (Wildman–Crippen LogP) is 3.23. The Hall–Kier alpha value is -1.61. The monoisotopic (exact) mass is 255 g/mol. The minimum Gasteiger partial charge on any atom is -0.342 e. The molecule has 0 amide bonds. The van der Waals surface area contributed by atoms with Crippen LogP contribution in [0.5, 0.6) is 0 Å². The van der Waals surface area contributed by atoms with E-state index in [0.29, 0.717) is 12.0 Å². The quantitative estimate of drug-likeness (QED) is 0.881. The van der Waals surface area contributed by atoms with Crippen LogP contribution in [0.25, 0.3) is 11.3 Å². The Morgan fingerprint density at radius 3 is 2.63 bits per heavy atom. The minimum atomic E-state index is 0.367. The number of rotatable bonds is 4. The van der Waals surface area contributed by atoms with Crippen molar-refractivity contribution in [2.24, 2.45) is 5.73 Å². The standard InChI is InChI=1S/C16H21N3/c1-2-3-11-4-6-12(7-5-11)15-10-18-16(19-15)13-8-14(17)9-13/h4-7,10,13-14H,2-3,8-9,17H2,1H3,(H,18,19). The third kappa shape index (κ3) is 2.56. The SMILES string of the molecule is CCCc1ccc(-c2cnc(C3CC(N)C3)[nH]2)cc1. The third-order valence-corrected chi connectivity index (χ3v) is 3.96. The second kappa shape index (κ2) is 5.17. The van der Waals surface area contributed by atoms with Gasteiger partial charge in [0, 0.05) is 12.0 Å². The molecule has 0 spiro atoms. The lowest BCUT2D eigenvalue weighted by Gasteiger charge is -2.30. The van der Waals surface area contributed by atoms with Gasteiger partial charge in [0.2, 0.25) is 0 Å². The molecule has 3 N–H and O–H groups in total. The molecule has 3 heteroatoms. The number of aromatic amines is 1. The van der Waals surface area contributed by atoms with E-state index in [9.17, 15) is 0 Å². The highest BCUT2D eigenvalue weighted by molar-refractivity contribution is 5.59. The molecule has 100 valence electrons. The fourth-order valence-electron chi connectivity index (χ4n) is 2.72. The van der Waals surface area contributed by atoms with Crippen molar-refractivity contribution in [2.45, 2.75) is 44.6 Å². The van der Waals surface area contributed by atoms with Gasteiger partial charge in [0.05, 0.1) is 11.9 Å². The number of hydrogen-bond donors (Lipinski definition) is 2. The average Bonchev–Trinajstić information content (AvgIpc) is 2.85. The molecule has 0 bridgehead atoms. The van der Waals surface area contributed by atoms with Gasteiger partial charge >= 0.3 is 0 Å². The van der Waals surface area contributed by atoms with Gasteiger partial charge in [-0.05, 0) is 30.4 Å². The number of imidazole rings is 1. The molecule has 0 aliphatic heterocycles. The van der Waals surface area contributed by atoms with Crippen molar-refractivity contribution < 1.29 is 0 Å². The van der Waals surface area contributed by atoms with Crippen LogP contribution in [0.1, 0.15) is 43.5 Å². The molecule has 0 radical (unpaired) electrons. The fourth-order valence-corrected chi connectivity index (χ4v) is 2.72. The van der Waals surface area contributed by atoms with Crippen molar-refractivity contribution in [1.82, 2.24) is 9.97 Å². The van der Waals surface area contributed by atoms with E-state index in [0.717, 1.165) is 30.8 Å². The number of aryl methyl sites for hydroxylation is 1. The van der Waals surface area contributed by atoms with Gasteiger partial charge in [-0.25, -0.2) is 4.98 Å². The van der Waals surface area contributed by atoms with E-state index in [-0.39, 0.29) is 0 Å². The highest BCUT2D eigenvalue weighted by atomic mass is 14.9. The highest BCUT2D eigenvalue weighted by Crippen LogP contribution is 2.34. The molecule has 3 rings (SSSR count). The van der Waals surface area contributed by atoms with Crippen molar-refractivity contribution >= 4 is 0 Å². The van der Waals surface area contributed by atoms with Gasteiger partial charge in [0.1, 0.15) is 5.82 Å². The zero-order valence-electron chi connectivity index (χ0n) is 11.4. The van der Waals surface area contributed by atoms with Gasteiger partial charge in [-0.15, -0.1) is 0 Å². The first-order chi connectivity index (χ1) is 9.26. The Kier molecular flexibility index (Phi) is 3.38. The summed E-state index contributed by atoms with van der Waals surface area (Å²) in [6, 6.07) is 9.13. The van der Waals surface area contributed by atoms with Crippen LogP contribution in [0.4, 0.5) is 0 Å². The molecule has 1 fully saturated rings. The average molecular weight is 255 g/mol. The van der Waals surface area contributed by atoms with Crippen LogP contribution in [0, 0.1) is 0 Å². The van der Waals surface area contributed by atoms with Crippen LogP contribution in [0.3, 0.4) is 0 Å². The fraction of sp³-hybridized carbons (Fsp3) is 0.438. The molecule has 1 aliphatic carbocycles. The van der Waals surface area contributed by atoms with Gasteiger partial charge < -0.3 is 10.7 Å². The van der Waals surface area contributed by atoms with Crippen molar-refractivity contribution in [3.8, 4) is 11.3 Å². The second-order valence-electron chi connectivity index (χ2n) is 5.56. The van der Waals surface area contributed by atoms with E-state index >= 15 is 0 Å². The number of nitrogens with one attached hydrogen (secondary N) is 1. The first-order valence-electron chi connectivity index (χ1n) is 7.16. The second-order valence-corrected chi connectivity index (χ2v) is 5.56. The van der Waals surface area contributed by atoms with E-state index in [1.54, 1.807) is 0 Å². The summed E-state index contributed by atoms with van der Waals surface area (Å²) in [5.41, 5.74) is 9.55. The van der Waals surface area contributed by atoms with Crippen LogP contribution in [-0.2, 0) is 6.42 Å². The van der Waals surface area contributed by atoms with E-state index in [4.69, 9.17) is 5.73 Å². The summed E-state index contributed by atoms with van der Waals surface area (Å²) in [6.45, 7) is 2.21. The van der Waals surface area contributed by atoms with Crippen molar-refractivity contribution in [1.29, 1.82) is 0 Å². The summed E-state index contributed by atoms with van der Waals surface area (Å²) < 4.78 is 0. The molecular formula is C16H21N3. The lowest BCUT2D eigenvalue weighted by molar-refractivity contribution is 0.340. The Morgan fingerprint density at radius 2 is 2.00 bits per heavy atom. The Balaban J connectivity index is 1.74. The molecule has 19 heavy (non-hydrogen) atoms. The smallest absolute Gasteiger partial charge is 0.109 e. The summed E-state index contributed by atoms with van der Waals surface area (Å²) in [4.78, 5) is 7.93. The highest BCUT2D eigenvalue weighted by Gasteiger charge is 2.29. The molecule has 1 aromatic carbocycles. The zero-order chi connectivity index (χ0) is 13.2. The van der Waals surface area contributed by atoms with E-state index in [1.807, 2.05) is 6.20 Å². The summed E-state index contributed by atoms with van der Waals surface area (Å²) in [5, 5.41) is 0. The first-order valence-corrected chi connectivity index (χ1v) is 7.16. The lowest BCUT2D eigenvalue weighted by atomic mass is 9.80. The topological polar surface area (TPSA) is 54.7 Å². The molecule has 1 heterocycles. The van der Waals surface area contributed by atoms with Crippen LogP contribution in [0.15, 0.2) is 30.5 Å². The molecule has 0 unspecified atom stereocenters. The summed E-state index contributed by atoms with van der Waals surface area (Å²) >= 11 is 0. The largest absolute Gasteiger partial charge is 0.342 e. The first kappa shape index (κ1) is 12.4. The molecule has 3 nitrogen and oxygen atoms in total. The van der Waals surface area contributed by atoms with Crippen LogP contribution < -0.4 is 5.73 Å². The zero-order valence-corrected chi connectivity index (χ0v) is 11.4. The Bertz CT molecular complexity index is 535. The third-order valence-electron chi connectivity index (χ3n) is 3.96. The van der Waals surface area contributed by atoms with Gasteiger partial charge in [-0.1, -0.05) is 37.6 Å². The van der Waals surface area contributed by atoms with Crippen molar-refractivity contribution in [3.05, 3.63) is 41.9 Å². The number of benzene rings is 1. The molecule has 1 saturated carbocycles. The molecule has 0 atom stereocenters. The van der Waals surface area contributed by atoms with Crippen LogP contribution in [0.2, 0.25) is 0 Å². The number of nitrogens with zero attached hydrogens (tertiary/aromatic N) is 1. The lowest BCUT2D eigenvalue weighted by Crippen LogP contribution is -2.35. The maximum Gasteiger partial charge on any atom is 0.109 e. The molecule has 0 saturated heterocycles. The molecule has 1 aromatic heterocycles. The summed E-state index contributed by atoms with van der Waals surface area (Å²) in [6.07, 6.45) is 6.39. The Labute approximate surface area is 114 Å². The van der Waals surface area contributed by atoms with E-state index < -0.39 is 0 Å². The van der Waals surface area contributed by atoms with Gasteiger partial charge in [0.25, 0.3) is 0 Å². The van der Waals surface area contributed by atoms with E-state index in [2.05, 4.69) is 41.2 Å². The number of H-pyrrole nitrogens is 1. The molecule has 1 aliphatic rings. The van der Waals surface area contributed by atoms with Crippen LogP contribution >= 0.6 is 0 Å². The predicted molar refractivity (Wildman–Crippen MR) is 78.0 cm³/mol. The van der Waals surface area contributed by atoms with Gasteiger partial charge in [-0.3, -0.25) is 0 Å². The van der Waals surface area contributed by atoms with Crippen molar-refractivity contribution in [2.75, 3.05) is 0 Å². The number of hydrogen-bond acceptors (Lipinski definition) is 2. The molecule has 2 aromatic rings. The van der Waals surface area contributed by atoms with Crippen molar-refractivity contribution in [3.63, 3.8) is 0 Å². The van der Waals surface area contributed by atoms with E-state index in [1.165, 1.54) is 17.5 Å². The number of nitrogens with two attached hydrogens (primary N) is 1. The minimum absolute atomic E-state index is 0.367. The number of aromatic nitrogens is 2. The molecular weight excluding hydrogens is 234 g/mol. The van der Waals surface area contributed by atoms with Gasteiger partial charge in [0.15, 0.2) is 0 Å². The maximum atomic E-state index is 5.83. The van der Waals surface area contributed by atoms with Crippen LogP contribution in [-0.4, -0.2) is 16.0 Å². The summed E-state index contributed by atoms with van der Waals surface area (Å²) in [7, 11) is 0.